The summed E-state index contributed by atoms with van der Waals surface area (Å²) in [6.07, 6.45) is 3.09. The summed E-state index contributed by atoms with van der Waals surface area (Å²) in [5.41, 5.74) is 0.252. The summed E-state index contributed by atoms with van der Waals surface area (Å²) in [5, 5.41) is 3.55. The molecule has 2 aromatic heterocycles. The first-order chi connectivity index (χ1) is 6.72. The summed E-state index contributed by atoms with van der Waals surface area (Å²) < 4.78 is 1.39. The quantitative estimate of drug-likeness (QED) is 0.673. The van der Waals surface area contributed by atoms with Gasteiger partial charge in [0.25, 0.3) is 0 Å². The molecule has 0 radical (unpaired) electrons. The number of nitrogens with one attached hydrogen (secondary N) is 1. The Morgan fingerprint density at radius 3 is 2.79 bits per heavy atom. The van der Waals surface area contributed by atoms with E-state index in [0.717, 1.165) is 5.39 Å². The van der Waals surface area contributed by atoms with Crippen molar-refractivity contribution in [1.29, 1.82) is 0 Å². The van der Waals surface area contributed by atoms with Gasteiger partial charge in [-0.25, -0.2) is 14.8 Å². The van der Waals surface area contributed by atoms with Crippen LogP contribution in [0.2, 0.25) is 0 Å². The molecule has 0 fully saturated rings. The monoisotopic (exact) mass is 191 g/mol. The number of hydrogen-bond acceptors (Lipinski definition) is 5. The Balaban J connectivity index is 2.84. The molecule has 0 aliphatic carbocycles. The first-order valence-electron chi connectivity index (χ1n) is 4.09. The molecule has 0 saturated carbocycles. The second kappa shape index (κ2) is 3.06. The van der Waals surface area contributed by atoms with E-state index in [1.54, 1.807) is 20.3 Å². The van der Waals surface area contributed by atoms with Crippen LogP contribution in [0.4, 0.5) is 5.95 Å². The lowest BCUT2D eigenvalue weighted by atomic mass is 10.4. The van der Waals surface area contributed by atoms with E-state index in [0.29, 0.717) is 11.6 Å². The Bertz CT molecular complexity index is 533. The fourth-order valence-electron chi connectivity index (χ4n) is 1.16. The highest BCUT2D eigenvalue weighted by Gasteiger charge is 2.02. The third kappa shape index (κ3) is 1.20. The smallest absolute Gasteiger partial charge is 0.348 e. The van der Waals surface area contributed by atoms with Gasteiger partial charge >= 0.3 is 5.69 Å². The summed E-state index contributed by atoms with van der Waals surface area (Å²) in [6.45, 7) is 0. The molecule has 0 aromatic carbocycles. The van der Waals surface area contributed by atoms with Crippen LogP contribution >= 0.6 is 0 Å². The maximum absolute atomic E-state index is 11.2. The standard InChI is InChI=1S/C8H9N5O/c1-9-7-10-3-5-4-11-8(14)13(2)6(5)12-7/h3-4H,1-2H3,(H,9,10,12). The van der Waals surface area contributed by atoms with Crippen LogP contribution in [0.3, 0.4) is 0 Å². The predicted molar refractivity (Wildman–Crippen MR) is 52.1 cm³/mol. The van der Waals surface area contributed by atoms with Gasteiger partial charge in [0.05, 0.1) is 5.39 Å². The fourth-order valence-corrected chi connectivity index (χ4v) is 1.16. The van der Waals surface area contributed by atoms with Gasteiger partial charge in [-0.1, -0.05) is 0 Å². The van der Waals surface area contributed by atoms with Crippen molar-refractivity contribution in [2.75, 3.05) is 12.4 Å². The van der Waals surface area contributed by atoms with Gasteiger partial charge in [-0.3, -0.25) is 4.57 Å². The molecular formula is C8H9N5O. The molecule has 2 rings (SSSR count). The highest BCUT2D eigenvalue weighted by Crippen LogP contribution is 2.07. The molecule has 6 heteroatoms. The van der Waals surface area contributed by atoms with E-state index in [-0.39, 0.29) is 5.69 Å². The Kier molecular flexibility index (Phi) is 1.88. The molecule has 2 aromatic rings. The molecule has 1 N–H and O–H groups in total. The first-order valence-corrected chi connectivity index (χ1v) is 4.09. The summed E-state index contributed by atoms with van der Waals surface area (Å²) >= 11 is 0. The van der Waals surface area contributed by atoms with Crippen LogP contribution in [-0.4, -0.2) is 26.6 Å². The lowest BCUT2D eigenvalue weighted by Gasteiger charge is -2.03. The van der Waals surface area contributed by atoms with Crippen molar-refractivity contribution in [3.05, 3.63) is 22.9 Å². The molecule has 2 heterocycles. The number of hydrogen-bond donors (Lipinski definition) is 1. The molecular weight excluding hydrogens is 182 g/mol. The van der Waals surface area contributed by atoms with Crippen molar-refractivity contribution in [2.45, 2.75) is 0 Å². The van der Waals surface area contributed by atoms with Crippen LogP contribution in [0.1, 0.15) is 0 Å². The maximum atomic E-state index is 11.2. The normalized spacial score (nSPS) is 10.4. The van der Waals surface area contributed by atoms with Crippen LogP contribution in [0, 0.1) is 0 Å². The molecule has 0 atom stereocenters. The average Bonchev–Trinajstić information content (AvgIpc) is 2.23. The van der Waals surface area contributed by atoms with Crippen LogP contribution in [0.15, 0.2) is 17.2 Å². The predicted octanol–water partition coefficient (Wildman–Crippen LogP) is -0.235. The molecule has 6 nitrogen and oxygen atoms in total. The zero-order chi connectivity index (χ0) is 10.1. The first kappa shape index (κ1) is 8.61. The highest BCUT2D eigenvalue weighted by molar-refractivity contribution is 5.73. The van der Waals surface area contributed by atoms with Crippen LogP contribution in [0.25, 0.3) is 11.0 Å². The SMILES string of the molecule is CNc1ncc2cnc(=O)n(C)c2n1. The molecule has 0 saturated heterocycles. The van der Waals surface area contributed by atoms with Crippen molar-refractivity contribution in [2.24, 2.45) is 7.05 Å². The summed E-state index contributed by atoms with van der Waals surface area (Å²) in [5.74, 6) is 0.485. The van der Waals surface area contributed by atoms with Gasteiger partial charge in [0.2, 0.25) is 5.95 Å². The zero-order valence-electron chi connectivity index (χ0n) is 7.85. The minimum atomic E-state index is -0.321. The Hall–Kier alpha value is -1.98. The van der Waals surface area contributed by atoms with Crippen molar-refractivity contribution in [3.8, 4) is 0 Å². The summed E-state index contributed by atoms with van der Waals surface area (Å²) in [7, 11) is 3.35. The molecule has 72 valence electrons. The maximum Gasteiger partial charge on any atom is 0.348 e. The van der Waals surface area contributed by atoms with Crippen LogP contribution in [0.5, 0.6) is 0 Å². The van der Waals surface area contributed by atoms with Crippen molar-refractivity contribution in [3.63, 3.8) is 0 Å². The molecule has 0 amide bonds. The fraction of sp³-hybridized carbons (Fsp3) is 0.250. The average molecular weight is 191 g/mol. The van der Waals surface area contributed by atoms with E-state index < -0.39 is 0 Å². The van der Waals surface area contributed by atoms with Crippen LogP contribution in [-0.2, 0) is 7.05 Å². The molecule has 14 heavy (non-hydrogen) atoms. The largest absolute Gasteiger partial charge is 0.357 e. The van der Waals surface area contributed by atoms with Gasteiger partial charge in [-0.15, -0.1) is 0 Å². The number of nitrogens with zero attached hydrogens (tertiary/aromatic N) is 4. The second-order valence-corrected chi connectivity index (χ2v) is 2.82. The van der Waals surface area contributed by atoms with Crippen molar-refractivity contribution < 1.29 is 0 Å². The Labute approximate surface area is 79.6 Å². The second-order valence-electron chi connectivity index (χ2n) is 2.82. The van der Waals surface area contributed by atoms with Gasteiger partial charge in [0, 0.05) is 26.5 Å². The molecule has 0 aliphatic heterocycles. The lowest BCUT2D eigenvalue weighted by molar-refractivity contribution is 0.835. The van der Waals surface area contributed by atoms with E-state index in [1.807, 2.05) is 0 Å². The minimum absolute atomic E-state index is 0.321. The zero-order valence-corrected chi connectivity index (χ0v) is 7.85. The van der Waals surface area contributed by atoms with Crippen molar-refractivity contribution >= 4 is 17.0 Å². The molecule has 0 aliphatic rings. The number of anilines is 1. The van der Waals surface area contributed by atoms with Gasteiger partial charge in [0.15, 0.2) is 5.65 Å². The van der Waals surface area contributed by atoms with Gasteiger partial charge in [-0.05, 0) is 0 Å². The molecule has 0 bridgehead atoms. The topological polar surface area (TPSA) is 72.7 Å². The number of aryl methyl sites for hydroxylation is 1. The third-order valence-electron chi connectivity index (χ3n) is 1.94. The Morgan fingerprint density at radius 1 is 1.36 bits per heavy atom. The lowest BCUT2D eigenvalue weighted by Crippen LogP contribution is -2.20. The van der Waals surface area contributed by atoms with E-state index in [1.165, 1.54) is 10.8 Å². The van der Waals surface area contributed by atoms with Crippen molar-refractivity contribution in [1.82, 2.24) is 19.5 Å². The van der Waals surface area contributed by atoms with Gasteiger partial charge in [-0.2, -0.15) is 4.98 Å². The van der Waals surface area contributed by atoms with E-state index >= 15 is 0 Å². The van der Waals surface area contributed by atoms with Crippen LogP contribution < -0.4 is 11.0 Å². The Morgan fingerprint density at radius 2 is 2.07 bits per heavy atom. The molecule has 0 unspecified atom stereocenters. The number of rotatable bonds is 1. The summed E-state index contributed by atoms with van der Waals surface area (Å²) in [4.78, 5) is 23.0. The number of fused-ring (bicyclic) bond motifs is 1. The highest BCUT2D eigenvalue weighted by atomic mass is 16.1. The van der Waals surface area contributed by atoms with E-state index in [2.05, 4.69) is 20.3 Å². The van der Waals surface area contributed by atoms with Gasteiger partial charge in [0.1, 0.15) is 0 Å². The number of aromatic nitrogens is 4. The minimum Gasteiger partial charge on any atom is -0.357 e. The molecule has 0 spiro atoms. The summed E-state index contributed by atoms with van der Waals surface area (Å²) in [6, 6.07) is 0. The van der Waals surface area contributed by atoms with E-state index in [4.69, 9.17) is 0 Å². The third-order valence-corrected chi connectivity index (χ3v) is 1.94. The van der Waals surface area contributed by atoms with Gasteiger partial charge < -0.3 is 5.32 Å². The van der Waals surface area contributed by atoms with E-state index in [9.17, 15) is 4.79 Å².